The highest BCUT2D eigenvalue weighted by molar-refractivity contribution is 6.42. The van der Waals surface area contributed by atoms with Crippen molar-refractivity contribution in [1.82, 2.24) is 10.9 Å². The molecule has 1 heterocycles. The van der Waals surface area contributed by atoms with Crippen molar-refractivity contribution in [2.75, 3.05) is 0 Å². The van der Waals surface area contributed by atoms with E-state index in [0.717, 1.165) is 0 Å². The molecule has 2 amide bonds. The largest absolute Gasteiger partial charge is 0.273 e. The van der Waals surface area contributed by atoms with Crippen LogP contribution >= 0.6 is 23.2 Å². The highest BCUT2D eigenvalue weighted by atomic mass is 35.5. The monoisotopic (exact) mass is 340 g/mol. The summed E-state index contributed by atoms with van der Waals surface area (Å²) in [6, 6.07) is 5.02. The number of nitrogens with zero attached hydrogens (tertiary/aromatic N) is 2. The predicted octanol–water partition coefficient (Wildman–Crippen LogP) is 2.35. The van der Waals surface area contributed by atoms with Gasteiger partial charge in [0.05, 0.1) is 22.2 Å². The van der Waals surface area contributed by atoms with Gasteiger partial charge in [0.25, 0.3) is 0 Å². The molecule has 22 heavy (non-hydrogen) atoms. The fourth-order valence-corrected chi connectivity index (χ4v) is 2.24. The zero-order valence-electron chi connectivity index (χ0n) is 11.8. The normalized spacial score (nSPS) is 17.5. The minimum absolute atomic E-state index is 0.176. The molecule has 2 N–H and O–H groups in total. The van der Waals surface area contributed by atoms with E-state index in [4.69, 9.17) is 23.2 Å². The summed E-state index contributed by atoms with van der Waals surface area (Å²) in [5.41, 5.74) is 6.19. The first kappa shape index (κ1) is 16.5. The number of hydrazone groups is 2. The molecule has 0 aromatic heterocycles. The van der Waals surface area contributed by atoms with Crippen LogP contribution in [0.3, 0.4) is 0 Å². The lowest BCUT2D eigenvalue weighted by molar-refractivity contribution is -0.123. The third-order valence-corrected chi connectivity index (χ3v) is 3.91. The Hall–Kier alpha value is -1.92. The van der Waals surface area contributed by atoms with Crippen molar-refractivity contribution in [3.05, 3.63) is 33.8 Å². The van der Waals surface area contributed by atoms with Gasteiger partial charge in [0.15, 0.2) is 0 Å². The SMILES string of the molecule is CC1=NNC(=O)[C@H]1CCC(=O)N/N=C\c1ccc(Cl)c(Cl)c1. The third kappa shape index (κ3) is 4.29. The Morgan fingerprint density at radius 2 is 2.23 bits per heavy atom. The number of carbonyl (C=O) groups excluding carboxylic acids is 2. The zero-order chi connectivity index (χ0) is 16.1. The number of hydrogen-bond donors (Lipinski definition) is 2. The average Bonchev–Trinajstić information content (AvgIpc) is 2.80. The Balaban J connectivity index is 1.80. The van der Waals surface area contributed by atoms with Crippen molar-refractivity contribution in [2.45, 2.75) is 19.8 Å². The first-order valence-corrected chi connectivity index (χ1v) is 7.34. The van der Waals surface area contributed by atoms with Gasteiger partial charge in [0, 0.05) is 12.1 Å². The first-order valence-electron chi connectivity index (χ1n) is 6.58. The van der Waals surface area contributed by atoms with E-state index in [1.54, 1.807) is 25.1 Å². The number of amides is 2. The molecule has 0 saturated heterocycles. The van der Waals surface area contributed by atoms with Gasteiger partial charge in [-0.25, -0.2) is 10.9 Å². The molecule has 8 heteroatoms. The van der Waals surface area contributed by atoms with E-state index in [1.165, 1.54) is 6.21 Å². The maximum Gasteiger partial charge on any atom is 0.248 e. The van der Waals surface area contributed by atoms with Gasteiger partial charge in [-0.2, -0.15) is 10.2 Å². The number of rotatable bonds is 5. The molecule has 2 rings (SSSR count). The second kappa shape index (κ2) is 7.38. The molecule has 1 atom stereocenters. The summed E-state index contributed by atoms with van der Waals surface area (Å²) in [7, 11) is 0. The van der Waals surface area contributed by atoms with Crippen LogP contribution in [0.5, 0.6) is 0 Å². The number of halogens is 2. The van der Waals surface area contributed by atoms with Crippen LogP contribution in [0, 0.1) is 5.92 Å². The second-order valence-electron chi connectivity index (χ2n) is 4.79. The summed E-state index contributed by atoms with van der Waals surface area (Å²) < 4.78 is 0. The molecule has 0 unspecified atom stereocenters. The van der Waals surface area contributed by atoms with Crippen molar-refractivity contribution in [3.63, 3.8) is 0 Å². The van der Waals surface area contributed by atoms with Crippen LogP contribution in [0.25, 0.3) is 0 Å². The van der Waals surface area contributed by atoms with Crippen molar-refractivity contribution >= 4 is 46.9 Å². The highest BCUT2D eigenvalue weighted by Gasteiger charge is 2.26. The fourth-order valence-electron chi connectivity index (χ4n) is 1.93. The van der Waals surface area contributed by atoms with Crippen LogP contribution in [-0.4, -0.2) is 23.7 Å². The van der Waals surface area contributed by atoms with Crippen LogP contribution in [0.4, 0.5) is 0 Å². The van der Waals surface area contributed by atoms with E-state index in [2.05, 4.69) is 21.1 Å². The topological polar surface area (TPSA) is 82.9 Å². The van der Waals surface area contributed by atoms with E-state index in [1.807, 2.05) is 0 Å². The van der Waals surface area contributed by atoms with Crippen LogP contribution in [-0.2, 0) is 9.59 Å². The van der Waals surface area contributed by atoms with Gasteiger partial charge in [0.1, 0.15) is 0 Å². The molecule has 0 radical (unpaired) electrons. The number of hydrogen-bond acceptors (Lipinski definition) is 4. The number of carbonyl (C=O) groups is 2. The third-order valence-electron chi connectivity index (χ3n) is 3.17. The maximum absolute atomic E-state index is 11.7. The van der Waals surface area contributed by atoms with Crippen molar-refractivity contribution in [2.24, 2.45) is 16.1 Å². The van der Waals surface area contributed by atoms with E-state index < -0.39 is 0 Å². The minimum Gasteiger partial charge on any atom is -0.273 e. The zero-order valence-corrected chi connectivity index (χ0v) is 13.3. The fraction of sp³-hybridized carbons (Fsp3) is 0.286. The summed E-state index contributed by atoms with van der Waals surface area (Å²) >= 11 is 11.7. The quantitative estimate of drug-likeness (QED) is 0.637. The van der Waals surface area contributed by atoms with Crippen LogP contribution < -0.4 is 10.9 Å². The Labute approximate surface area is 137 Å². The van der Waals surface area contributed by atoms with Gasteiger partial charge in [-0.3, -0.25) is 9.59 Å². The molecule has 1 aliphatic rings. The summed E-state index contributed by atoms with van der Waals surface area (Å²) in [5.74, 6) is -0.793. The summed E-state index contributed by atoms with van der Waals surface area (Å²) in [6.07, 6.45) is 2.05. The summed E-state index contributed by atoms with van der Waals surface area (Å²) in [4.78, 5) is 23.1. The van der Waals surface area contributed by atoms with Crippen molar-refractivity contribution in [3.8, 4) is 0 Å². The van der Waals surface area contributed by atoms with Gasteiger partial charge >= 0.3 is 0 Å². The van der Waals surface area contributed by atoms with E-state index in [0.29, 0.717) is 27.7 Å². The number of nitrogens with one attached hydrogen (secondary N) is 2. The summed E-state index contributed by atoms with van der Waals surface area (Å²) in [6.45, 7) is 1.75. The van der Waals surface area contributed by atoms with Gasteiger partial charge in [-0.1, -0.05) is 29.3 Å². The highest BCUT2D eigenvalue weighted by Crippen LogP contribution is 2.21. The lowest BCUT2D eigenvalue weighted by atomic mass is 9.99. The Bertz CT molecular complexity index is 658. The summed E-state index contributed by atoms with van der Waals surface area (Å²) in [5, 5.41) is 8.53. The molecule has 0 bridgehead atoms. The number of benzene rings is 1. The van der Waals surface area contributed by atoms with E-state index in [9.17, 15) is 9.59 Å². The smallest absolute Gasteiger partial charge is 0.248 e. The molecule has 0 aliphatic carbocycles. The van der Waals surface area contributed by atoms with Gasteiger partial charge in [0.2, 0.25) is 11.8 Å². The molecule has 6 nitrogen and oxygen atoms in total. The standard InChI is InChI=1S/C14H14Cl2N4O2/c1-8-10(14(22)20-18-8)3-5-13(21)19-17-7-9-2-4-11(15)12(16)6-9/h2,4,6-7,10H,3,5H2,1H3,(H,19,21)(H,20,22)/b17-7-/t10-/m0/s1. The lowest BCUT2D eigenvalue weighted by Crippen LogP contribution is -2.25. The average molecular weight is 341 g/mol. The van der Waals surface area contributed by atoms with Crippen LogP contribution in [0.15, 0.2) is 28.4 Å². The predicted molar refractivity (Wildman–Crippen MR) is 86.2 cm³/mol. The molecule has 1 aliphatic heterocycles. The molecule has 0 fully saturated rings. The maximum atomic E-state index is 11.7. The molecule has 1 aromatic rings. The molecule has 0 saturated carbocycles. The first-order chi connectivity index (χ1) is 10.5. The molecule has 1 aromatic carbocycles. The van der Waals surface area contributed by atoms with E-state index in [-0.39, 0.29) is 24.2 Å². The molecular weight excluding hydrogens is 327 g/mol. The van der Waals surface area contributed by atoms with Gasteiger partial charge in [-0.05, 0) is 31.0 Å². The van der Waals surface area contributed by atoms with Gasteiger partial charge in [-0.15, -0.1) is 0 Å². The Morgan fingerprint density at radius 3 is 2.86 bits per heavy atom. The lowest BCUT2D eigenvalue weighted by Gasteiger charge is -2.06. The Morgan fingerprint density at radius 1 is 1.45 bits per heavy atom. The van der Waals surface area contributed by atoms with E-state index >= 15 is 0 Å². The van der Waals surface area contributed by atoms with Crippen molar-refractivity contribution < 1.29 is 9.59 Å². The molecule has 0 spiro atoms. The second-order valence-corrected chi connectivity index (χ2v) is 5.60. The molecular formula is C14H14Cl2N4O2. The van der Waals surface area contributed by atoms with Crippen LogP contribution in [0.2, 0.25) is 10.0 Å². The molecule has 116 valence electrons. The van der Waals surface area contributed by atoms with Crippen molar-refractivity contribution in [1.29, 1.82) is 0 Å². The van der Waals surface area contributed by atoms with Gasteiger partial charge < -0.3 is 0 Å². The van der Waals surface area contributed by atoms with Crippen LogP contribution in [0.1, 0.15) is 25.3 Å². The minimum atomic E-state index is -0.343. The Kier molecular flexibility index (Phi) is 5.51.